The highest BCUT2D eigenvalue weighted by Crippen LogP contribution is 2.36. The van der Waals surface area contributed by atoms with Crippen LogP contribution in [0.15, 0.2) is 42.5 Å². The van der Waals surface area contributed by atoms with Gasteiger partial charge in [-0.15, -0.1) is 0 Å². The molecule has 0 saturated carbocycles. The normalized spacial score (nSPS) is 16.4. The van der Waals surface area contributed by atoms with Crippen LogP contribution in [0.5, 0.6) is 5.75 Å². The first-order valence-corrected chi connectivity index (χ1v) is 7.15. The zero-order valence-corrected chi connectivity index (χ0v) is 12.5. The van der Waals surface area contributed by atoms with E-state index >= 15 is 0 Å². The molecule has 0 fully saturated rings. The molecule has 0 aromatic heterocycles. The fraction of sp³-hybridized carbons (Fsp3) is 0.143. The molecule has 0 aliphatic carbocycles. The van der Waals surface area contributed by atoms with Crippen molar-refractivity contribution in [3.05, 3.63) is 61.7 Å². The van der Waals surface area contributed by atoms with Gasteiger partial charge in [0.05, 0.1) is 11.0 Å². The van der Waals surface area contributed by atoms with Crippen LogP contribution in [0.25, 0.3) is 0 Å². The minimum atomic E-state index is -0.369. The maximum absolute atomic E-state index is 11.1. The van der Waals surface area contributed by atoms with Crippen LogP contribution >= 0.6 is 22.6 Å². The number of benzene rings is 2. The van der Waals surface area contributed by atoms with Crippen molar-refractivity contribution in [2.45, 2.75) is 6.04 Å². The molecule has 0 spiro atoms. The smallest absolute Gasteiger partial charge is 0.293 e. The Balaban J connectivity index is 1.92. The molecule has 1 aliphatic heterocycles. The van der Waals surface area contributed by atoms with Gasteiger partial charge in [0.25, 0.3) is 5.69 Å². The van der Waals surface area contributed by atoms with E-state index in [9.17, 15) is 10.1 Å². The molecule has 5 nitrogen and oxygen atoms in total. The van der Waals surface area contributed by atoms with Gasteiger partial charge in [0.15, 0.2) is 0 Å². The van der Waals surface area contributed by atoms with Crippen LogP contribution in [0.2, 0.25) is 0 Å². The molecule has 0 radical (unpaired) electrons. The minimum Gasteiger partial charge on any atom is -0.491 e. The number of anilines is 1. The number of para-hydroxylation sites is 1. The molecule has 6 heteroatoms. The van der Waals surface area contributed by atoms with Gasteiger partial charge in [0.2, 0.25) is 0 Å². The van der Waals surface area contributed by atoms with E-state index in [-0.39, 0.29) is 16.7 Å². The third kappa shape index (κ3) is 2.43. The summed E-state index contributed by atoms with van der Waals surface area (Å²) in [4.78, 5) is 10.8. The zero-order valence-electron chi connectivity index (χ0n) is 10.4. The molecule has 1 heterocycles. The van der Waals surface area contributed by atoms with E-state index in [1.807, 2.05) is 30.3 Å². The van der Waals surface area contributed by atoms with Crippen LogP contribution in [0.3, 0.4) is 0 Å². The van der Waals surface area contributed by atoms with Crippen molar-refractivity contribution >= 4 is 34.0 Å². The van der Waals surface area contributed by atoms with Gasteiger partial charge in [-0.25, -0.2) is 0 Å². The molecule has 0 amide bonds. The van der Waals surface area contributed by atoms with E-state index in [2.05, 4.69) is 27.9 Å². The Kier molecular flexibility index (Phi) is 3.47. The first kappa shape index (κ1) is 13.2. The van der Waals surface area contributed by atoms with Crippen molar-refractivity contribution in [3.63, 3.8) is 0 Å². The monoisotopic (exact) mass is 382 g/mol. The Morgan fingerprint density at radius 2 is 2.10 bits per heavy atom. The number of halogens is 1. The average molecular weight is 382 g/mol. The quantitative estimate of drug-likeness (QED) is 0.499. The van der Waals surface area contributed by atoms with Crippen molar-refractivity contribution in [2.24, 2.45) is 0 Å². The summed E-state index contributed by atoms with van der Waals surface area (Å²) in [7, 11) is 0. The van der Waals surface area contributed by atoms with Crippen molar-refractivity contribution < 1.29 is 9.66 Å². The van der Waals surface area contributed by atoms with Crippen LogP contribution in [-0.2, 0) is 0 Å². The summed E-state index contributed by atoms with van der Waals surface area (Å²) in [5.74, 6) is 0.832. The second-order valence-electron chi connectivity index (χ2n) is 4.46. The molecule has 3 rings (SSSR count). The molecule has 1 unspecified atom stereocenters. The maximum atomic E-state index is 11.1. The number of nitro benzene ring substituents is 1. The molecule has 102 valence electrons. The topological polar surface area (TPSA) is 64.4 Å². The van der Waals surface area contributed by atoms with Crippen molar-refractivity contribution in [1.82, 2.24) is 0 Å². The van der Waals surface area contributed by atoms with Gasteiger partial charge in [-0.3, -0.25) is 10.1 Å². The molecule has 1 N–H and O–H groups in total. The first-order valence-electron chi connectivity index (χ1n) is 6.07. The number of rotatable bonds is 3. The van der Waals surface area contributed by atoms with E-state index in [1.54, 1.807) is 12.1 Å². The lowest BCUT2D eigenvalue weighted by molar-refractivity contribution is -0.384. The van der Waals surface area contributed by atoms with Crippen LogP contribution in [0.1, 0.15) is 11.6 Å². The second-order valence-corrected chi connectivity index (χ2v) is 5.71. The van der Waals surface area contributed by atoms with Gasteiger partial charge in [-0.05, 0) is 40.8 Å². The van der Waals surface area contributed by atoms with Crippen molar-refractivity contribution in [1.29, 1.82) is 0 Å². The summed E-state index contributed by atoms with van der Waals surface area (Å²) in [6.07, 6.45) is 0. The van der Waals surface area contributed by atoms with Gasteiger partial charge < -0.3 is 10.1 Å². The Bertz CT molecular complexity index is 675. The van der Waals surface area contributed by atoms with E-state index < -0.39 is 0 Å². The Hall–Kier alpha value is -1.83. The molecule has 2 aromatic rings. The average Bonchev–Trinajstić information content (AvgIpc) is 2.84. The van der Waals surface area contributed by atoms with Crippen LogP contribution in [0.4, 0.5) is 11.4 Å². The Labute approximate surface area is 129 Å². The number of hydrogen-bond acceptors (Lipinski definition) is 4. The lowest BCUT2D eigenvalue weighted by Gasteiger charge is -2.13. The number of nitrogens with zero attached hydrogens (tertiary/aromatic N) is 1. The second kappa shape index (κ2) is 5.28. The summed E-state index contributed by atoms with van der Waals surface area (Å²) < 4.78 is 6.41. The lowest BCUT2D eigenvalue weighted by Crippen LogP contribution is -2.13. The predicted octanol–water partition coefficient (Wildman–Crippen LogP) is 3.75. The largest absolute Gasteiger partial charge is 0.491 e. The standard InChI is InChI=1S/C14H11IN2O3/c15-9-5-6-11(13(7-9)17(18)19)16-12-8-20-14-4-2-1-3-10(12)14/h1-7,12,16H,8H2. The number of ether oxygens (including phenoxy) is 1. The van der Waals surface area contributed by atoms with Crippen LogP contribution in [-0.4, -0.2) is 11.5 Å². The lowest BCUT2D eigenvalue weighted by atomic mass is 10.1. The minimum absolute atomic E-state index is 0.0649. The van der Waals surface area contributed by atoms with Gasteiger partial charge >= 0.3 is 0 Å². The SMILES string of the molecule is O=[N+]([O-])c1cc(I)ccc1NC1COc2ccccc21. The summed E-state index contributed by atoms with van der Waals surface area (Å²) in [6, 6.07) is 12.8. The molecular weight excluding hydrogens is 371 g/mol. The van der Waals surface area contributed by atoms with E-state index in [1.165, 1.54) is 0 Å². The number of nitro groups is 1. The van der Waals surface area contributed by atoms with E-state index in [0.29, 0.717) is 12.3 Å². The fourth-order valence-electron chi connectivity index (χ4n) is 2.25. The molecule has 2 aromatic carbocycles. The predicted molar refractivity (Wildman–Crippen MR) is 84.1 cm³/mol. The van der Waals surface area contributed by atoms with E-state index in [0.717, 1.165) is 14.9 Å². The number of fused-ring (bicyclic) bond motifs is 1. The Morgan fingerprint density at radius 3 is 2.90 bits per heavy atom. The highest BCUT2D eigenvalue weighted by molar-refractivity contribution is 14.1. The first-order chi connectivity index (χ1) is 9.65. The summed E-state index contributed by atoms with van der Waals surface area (Å²) in [5.41, 5.74) is 1.63. The zero-order chi connectivity index (χ0) is 14.1. The molecule has 1 atom stereocenters. The van der Waals surface area contributed by atoms with Crippen LogP contribution in [0, 0.1) is 13.7 Å². The third-order valence-electron chi connectivity index (χ3n) is 3.19. The van der Waals surface area contributed by atoms with Crippen LogP contribution < -0.4 is 10.1 Å². The van der Waals surface area contributed by atoms with Gasteiger partial charge in [0, 0.05) is 15.2 Å². The van der Waals surface area contributed by atoms with Gasteiger partial charge in [0.1, 0.15) is 18.0 Å². The molecule has 1 aliphatic rings. The highest BCUT2D eigenvalue weighted by atomic mass is 127. The molecular formula is C14H11IN2O3. The van der Waals surface area contributed by atoms with Crippen molar-refractivity contribution in [3.8, 4) is 5.75 Å². The summed E-state index contributed by atoms with van der Waals surface area (Å²) in [6.45, 7) is 0.475. The maximum Gasteiger partial charge on any atom is 0.293 e. The van der Waals surface area contributed by atoms with Gasteiger partial charge in [-0.1, -0.05) is 18.2 Å². The molecule has 20 heavy (non-hydrogen) atoms. The third-order valence-corrected chi connectivity index (χ3v) is 3.86. The highest BCUT2D eigenvalue weighted by Gasteiger charge is 2.25. The molecule has 0 bridgehead atoms. The van der Waals surface area contributed by atoms with Crippen molar-refractivity contribution in [2.75, 3.05) is 11.9 Å². The van der Waals surface area contributed by atoms with Gasteiger partial charge in [-0.2, -0.15) is 0 Å². The summed E-state index contributed by atoms with van der Waals surface area (Å²) >= 11 is 2.06. The molecule has 0 saturated heterocycles. The summed E-state index contributed by atoms with van der Waals surface area (Å²) in [5, 5.41) is 14.3. The Morgan fingerprint density at radius 1 is 1.30 bits per heavy atom. The fourth-order valence-corrected chi connectivity index (χ4v) is 2.72. The number of hydrogen-bond donors (Lipinski definition) is 1. The number of nitrogens with one attached hydrogen (secondary N) is 1. The van der Waals surface area contributed by atoms with E-state index in [4.69, 9.17) is 4.74 Å².